The van der Waals surface area contributed by atoms with Crippen LogP contribution in [0.15, 0.2) is 6.20 Å². The number of cyclic esters (lactones) is 1. The van der Waals surface area contributed by atoms with E-state index in [1.807, 2.05) is 0 Å². The minimum absolute atomic E-state index is 0.164. The lowest BCUT2D eigenvalue weighted by Gasteiger charge is -2.09. The Morgan fingerprint density at radius 2 is 2.56 bits per heavy atom. The maximum atomic E-state index is 10.8. The summed E-state index contributed by atoms with van der Waals surface area (Å²) in [6.45, 7) is 2.44. The number of nitrogens with one attached hydrogen (secondary N) is 1. The molecule has 0 spiro atoms. The lowest BCUT2D eigenvalue weighted by molar-refractivity contribution is 0.0695. The second kappa shape index (κ2) is 3.84. The third kappa shape index (κ3) is 1.83. The Morgan fingerprint density at radius 3 is 3.06 bits per heavy atom. The van der Waals surface area contributed by atoms with Crippen LogP contribution in [-0.4, -0.2) is 39.6 Å². The number of carboxylic acids is 1. The number of aromatic carboxylic acids is 1. The zero-order chi connectivity index (χ0) is 11.7. The van der Waals surface area contributed by atoms with Gasteiger partial charge in [0.15, 0.2) is 0 Å². The minimum Gasteiger partial charge on any atom is -0.478 e. The molecular weight excluding hydrogens is 214 g/mol. The van der Waals surface area contributed by atoms with Crippen molar-refractivity contribution < 1.29 is 19.4 Å². The van der Waals surface area contributed by atoms with Crippen molar-refractivity contribution in [2.45, 2.75) is 19.6 Å². The smallest absolute Gasteiger partial charge is 0.407 e. The van der Waals surface area contributed by atoms with Crippen molar-refractivity contribution in [3.05, 3.63) is 17.5 Å². The van der Waals surface area contributed by atoms with E-state index in [1.165, 1.54) is 10.9 Å². The molecule has 1 unspecified atom stereocenters. The summed E-state index contributed by atoms with van der Waals surface area (Å²) < 4.78 is 6.45. The van der Waals surface area contributed by atoms with Crippen LogP contribution in [0.25, 0.3) is 0 Å². The Hall–Kier alpha value is -2.05. The van der Waals surface area contributed by atoms with Crippen LogP contribution in [0.2, 0.25) is 0 Å². The second-order valence-corrected chi connectivity index (χ2v) is 3.54. The number of nitrogens with zero attached hydrogens (tertiary/aromatic N) is 2. The Bertz CT molecular complexity index is 440. The number of aromatic nitrogens is 2. The number of alkyl carbamates (subject to hydrolysis) is 1. The third-order valence-electron chi connectivity index (χ3n) is 2.46. The third-order valence-corrected chi connectivity index (χ3v) is 2.46. The van der Waals surface area contributed by atoms with E-state index in [-0.39, 0.29) is 11.7 Å². The Labute approximate surface area is 91.0 Å². The summed E-state index contributed by atoms with van der Waals surface area (Å²) >= 11 is 0. The first-order chi connectivity index (χ1) is 7.58. The monoisotopic (exact) mass is 225 g/mol. The molecule has 16 heavy (non-hydrogen) atoms. The molecule has 0 bridgehead atoms. The molecule has 1 fully saturated rings. The quantitative estimate of drug-likeness (QED) is 0.755. The van der Waals surface area contributed by atoms with Gasteiger partial charge in [-0.3, -0.25) is 4.68 Å². The molecule has 1 saturated heterocycles. The van der Waals surface area contributed by atoms with Gasteiger partial charge in [0.2, 0.25) is 0 Å². The van der Waals surface area contributed by atoms with Gasteiger partial charge in [0, 0.05) is 5.69 Å². The Kier molecular flexibility index (Phi) is 2.51. The molecule has 1 aliphatic rings. The van der Waals surface area contributed by atoms with Gasteiger partial charge in [-0.25, -0.2) is 9.59 Å². The van der Waals surface area contributed by atoms with E-state index in [9.17, 15) is 9.59 Å². The van der Waals surface area contributed by atoms with E-state index in [1.54, 1.807) is 6.92 Å². The highest BCUT2D eigenvalue weighted by Gasteiger charge is 2.24. The first-order valence-corrected chi connectivity index (χ1v) is 4.78. The average Bonchev–Trinajstić information content (AvgIpc) is 2.76. The van der Waals surface area contributed by atoms with Crippen LogP contribution in [0.1, 0.15) is 16.1 Å². The zero-order valence-corrected chi connectivity index (χ0v) is 8.64. The predicted molar refractivity (Wildman–Crippen MR) is 52.2 cm³/mol. The van der Waals surface area contributed by atoms with Crippen molar-refractivity contribution >= 4 is 12.1 Å². The maximum Gasteiger partial charge on any atom is 0.407 e. The average molecular weight is 225 g/mol. The van der Waals surface area contributed by atoms with Crippen LogP contribution in [0, 0.1) is 6.92 Å². The molecular formula is C9H11N3O4. The van der Waals surface area contributed by atoms with Crippen molar-refractivity contribution in [1.82, 2.24) is 15.1 Å². The first-order valence-electron chi connectivity index (χ1n) is 4.78. The molecule has 1 atom stereocenters. The second-order valence-electron chi connectivity index (χ2n) is 3.54. The van der Waals surface area contributed by atoms with Crippen molar-refractivity contribution in [3.63, 3.8) is 0 Å². The molecule has 0 aliphatic carbocycles. The van der Waals surface area contributed by atoms with E-state index in [0.717, 1.165) is 0 Å². The molecule has 1 amide bonds. The number of carbonyl (C=O) groups is 2. The number of hydrogen-bond acceptors (Lipinski definition) is 4. The SMILES string of the molecule is Cc1c(C(=O)O)cnn1CC1CNC(=O)O1. The topological polar surface area (TPSA) is 93.5 Å². The van der Waals surface area contributed by atoms with Gasteiger partial charge in [-0.05, 0) is 6.92 Å². The molecule has 7 nitrogen and oxygen atoms in total. The molecule has 0 aromatic carbocycles. The fourth-order valence-electron chi connectivity index (χ4n) is 1.57. The summed E-state index contributed by atoms with van der Waals surface area (Å²) in [5.41, 5.74) is 0.715. The van der Waals surface area contributed by atoms with Crippen molar-refractivity contribution in [2.24, 2.45) is 0 Å². The summed E-state index contributed by atoms with van der Waals surface area (Å²) in [7, 11) is 0. The molecule has 2 rings (SSSR count). The summed E-state index contributed by atoms with van der Waals surface area (Å²) in [5.74, 6) is -1.01. The molecule has 86 valence electrons. The van der Waals surface area contributed by atoms with E-state index in [2.05, 4.69) is 10.4 Å². The highest BCUT2D eigenvalue weighted by molar-refractivity contribution is 5.88. The lowest BCUT2D eigenvalue weighted by Crippen LogP contribution is -2.22. The van der Waals surface area contributed by atoms with Gasteiger partial charge < -0.3 is 15.2 Å². The van der Waals surface area contributed by atoms with Crippen molar-refractivity contribution in [2.75, 3.05) is 6.54 Å². The molecule has 0 saturated carbocycles. The van der Waals surface area contributed by atoms with Crippen molar-refractivity contribution in [1.29, 1.82) is 0 Å². The van der Waals surface area contributed by atoms with Crippen LogP contribution in [0.5, 0.6) is 0 Å². The van der Waals surface area contributed by atoms with E-state index >= 15 is 0 Å². The normalized spacial score (nSPS) is 19.3. The highest BCUT2D eigenvalue weighted by atomic mass is 16.6. The Morgan fingerprint density at radius 1 is 1.81 bits per heavy atom. The summed E-state index contributed by atoms with van der Waals surface area (Å²) in [6.07, 6.45) is 0.544. The van der Waals surface area contributed by atoms with Crippen LogP contribution in [0.3, 0.4) is 0 Å². The van der Waals surface area contributed by atoms with Gasteiger partial charge in [0.1, 0.15) is 11.7 Å². The number of carbonyl (C=O) groups excluding carboxylic acids is 1. The van der Waals surface area contributed by atoms with E-state index in [4.69, 9.17) is 9.84 Å². The van der Waals surface area contributed by atoms with Crippen LogP contribution >= 0.6 is 0 Å². The van der Waals surface area contributed by atoms with Gasteiger partial charge in [-0.1, -0.05) is 0 Å². The number of ether oxygens (including phenoxy) is 1. The van der Waals surface area contributed by atoms with Gasteiger partial charge in [-0.15, -0.1) is 0 Å². The number of hydrogen-bond donors (Lipinski definition) is 2. The lowest BCUT2D eigenvalue weighted by atomic mass is 10.2. The molecule has 7 heteroatoms. The maximum absolute atomic E-state index is 10.8. The van der Waals surface area contributed by atoms with E-state index < -0.39 is 12.1 Å². The standard InChI is InChI=1S/C9H11N3O4/c1-5-7(8(13)14)3-11-12(5)4-6-2-10-9(15)16-6/h3,6H,2,4H2,1H3,(H,10,15)(H,13,14). The Balaban J connectivity index is 2.10. The largest absolute Gasteiger partial charge is 0.478 e. The number of rotatable bonds is 3. The number of amides is 1. The molecule has 2 heterocycles. The number of carboxylic acid groups (broad SMARTS) is 1. The molecule has 0 radical (unpaired) electrons. The summed E-state index contributed by atoms with van der Waals surface area (Å²) in [5, 5.41) is 15.3. The van der Waals surface area contributed by atoms with Crippen molar-refractivity contribution in [3.8, 4) is 0 Å². The summed E-state index contributed by atoms with van der Waals surface area (Å²) in [6, 6.07) is 0. The van der Waals surface area contributed by atoms with Crippen LogP contribution < -0.4 is 5.32 Å². The van der Waals surface area contributed by atoms with Gasteiger partial charge in [0.25, 0.3) is 0 Å². The molecule has 1 aromatic rings. The van der Waals surface area contributed by atoms with Gasteiger partial charge >= 0.3 is 12.1 Å². The fraction of sp³-hybridized carbons (Fsp3) is 0.444. The van der Waals surface area contributed by atoms with E-state index in [0.29, 0.717) is 18.8 Å². The first kappa shape index (κ1) is 10.5. The predicted octanol–water partition coefficient (Wildman–Crippen LogP) is -0.00188. The van der Waals surface area contributed by atoms with Gasteiger partial charge in [0.05, 0.1) is 19.3 Å². The fourth-order valence-corrected chi connectivity index (χ4v) is 1.57. The van der Waals surface area contributed by atoms with Crippen LogP contribution in [0.4, 0.5) is 4.79 Å². The van der Waals surface area contributed by atoms with Crippen LogP contribution in [-0.2, 0) is 11.3 Å². The minimum atomic E-state index is -1.01. The van der Waals surface area contributed by atoms with Gasteiger partial charge in [-0.2, -0.15) is 5.10 Å². The molecule has 1 aromatic heterocycles. The molecule has 1 aliphatic heterocycles. The summed E-state index contributed by atoms with van der Waals surface area (Å²) in [4.78, 5) is 21.6. The highest BCUT2D eigenvalue weighted by Crippen LogP contribution is 2.10. The molecule has 2 N–H and O–H groups in total. The zero-order valence-electron chi connectivity index (χ0n) is 8.64.